The minimum Gasteiger partial charge on any atom is -0.356 e. The van der Waals surface area contributed by atoms with Crippen LogP contribution < -0.4 is 0 Å². The van der Waals surface area contributed by atoms with Gasteiger partial charge >= 0.3 is 0 Å². The first-order valence-electron chi connectivity index (χ1n) is 7.63. The Bertz CT molecular complexity index is 700. The molecule has 1 aliphatic rings. The molecule has 1 amide bonds. The second kappa shape index (κ2) is 5.79. The monoisotopic (exact) mass is 296 g/mol. The van der Waals surface area contributed by atoms with Gasteiger partial charge in [-0.2, -0.15) is 0 Å². The third-order valence-electron chi connectivity index (χ3n) is 4.30. The van der Waals surface area contributed by atoms with Crippen molar-refractivity contribution in [3.8, 4) is 0 Å². The highest BCUT2D eigenvalue weighted by atomic mass is 16.2. The van der Waals surface area contributed by atoms with Crippen molar-refractivity contribution in [1.29, 1.82) is 0 Å². The molecule has 0 spiro atoms. The molecule has 0 bridgehead atoms. The van der Waals surface area contributed by atoms with Gasteiger partial charge in [0.05, 0.1) is 6.04 Å². The Morgan fingerprint density at radius 2 is 1.95 bits per heavy atom. The molecule has 4 nitrogen and oxygen atoms in total. The van der Waals surface area contributed by atoms with Crippen molar-refractivity contribution in [2.75, 3.05) is 6.54 Å². The van der Waals surface area contributed by atoms with Crippen LogP contribution in [0.25, 0.3) is 0 Å². The van der Waals surface area contributed by atoms with Gasteiger partial charge in [0.25, 0.3) is 5.91 Å². The van der Waals surface area contributed by atoms with E-state index in [0.717, 1.165) is 19.4 Å². The molecular formula is C18H20N2O2. The maximum atomic E-state index is 12.7. The summed E-state index contributed by atoms with van der Waals surface area (Å²) in [6.07, 6.45) is 3.59. The summed E-state index contributed by atoms with van der Waals surface area (Å²) in [6.45, 7) is 4.32. The molecule has 4 heteroatoms. The van der Waals surface area contributed by atoms with E-state index in [1.165, 1.54) is 18.1 Å². The average Bonchev–Trinajstić information content (AvgIpc) is 3.17. The van der Waals surface area contributed by atoms with Crippen molar-refractivity contribution in [1.82, 2.24) is 9.88 Å². The second-order valence-corrected chi connectivity index (χ2v) is 5.93. The van der Waals surface area contributed by atoms with Crippen molar-refractivity contribution in [3.05, 3.63) is 58.9 Å². The van der Waals surface area contributed by atoms with Crippen LogP contribution in [-0.4, -0.2) is 28.1 Å². The molecule has 1 aromatic heterocycles. The summed E-state index contributed by atoms with van der Waals surface area (Å²) in [7, 11) is 0. The number of benzene rings is 1. The van der Waals surface area contributed by atoms with Crippen molar-refractivity contribution in [3.63, 3.8) is 0 Å². The number of Topliss-reactive ketones (excluding diaryl/α,β-unsaturated/α-hetero) is 1. The summed E-state index contributed by atoms with van der Waals surface area (Å²) in [5.41, 5.74) is 3.43. The van der Waals surface area contributed by atoms with Gasteiger partial charge in [-0.05, 0) is 38.3 Å². The fourth-order valence-corrected chi connectivity index (χ4v) is 3.02. The number of hydrogen-bond acceptors (Lipinski definition) is 2. The highest BCUT2D eigenvalue weighted by Crippen LogP contribution is 2.33. The van der Waals surface area contributed by atoms with Crippen LogP contribution >= 0.6 is 0 Å². The molecule has 114 valence electrons. The van der Waals surface area contributed by atoms with E-state index < -0.39 is 0 Å². The van der Waals surface area contributed by atoms with Gasteiger partial charge in [0.2, 0.25) is 0 Å². The number of nitrogens with zero attached hydrogens (tertiary/aromatic N) is 1. The molecule has 22 heavy (non-hydrogen) atoms. The van der Waals surface area contributed by atoms with E-state index in [1.54, 1.807) is 12.3 Å². The van der Waals surface area contributed by atoms with Crippen LogP contribution in [0.3, 0.4) is 0 Å². The van der Waals surface area contributed by atoms with Crippen LogP contribution in [-0.2, 0) is 0 Å². The average molecular weight is 296 g/mol. The number of carbonyl (C=O) groups is 2. The minimum absolute atomic E-state index is 0.0319. The van der Waals surface area contributed by atoms with Gasteiger partial charge in [-0.3, -0.25) is 9.59 Å². The third-order valence-corrected chi connectivity index (χ3v) is 4.30. The Morgan fingerprint density at radius 3 is 2.59 bits per heavy atom. The largest absolute Gasteiger partial charge is 0.356 e. The topological polar surface area (TPSA) is 53.2 Å². The van der Waals surface area contributed by atoms with E-state index in [2.05, 4.69) is 36.2 Å². The molecule has 3 rings (SSSR count). The van der Waals surface area contributed by atoms with Gasteiger partial charge in [-0.25, -0.2) is 0 Å². The van der Waals surface area contributed by atoms with Crippen LogP contribution in [0.1, 0.15) is 57.8 Å². The van der Waals surface area contributed by atoms with Gasteiger partial charge in [-0.1, -0.05) is 29.8 Å². The first-order valence-corrected chi connectivity index (χ1v) is 7.63. The lowest BCUT2D eigenvalue weighted by molar-refractivity contribution is 0.0730. The molecule has 1 saturated heterocycles. The molecule has 0 aliphatic carbocycles. The molecule has 1 N–H and O–H groups in total. The van der Waals surface area contributed by atoms with Crippen molar-refractivity contribution in [2.45, 2.75) is 32.7 Å². The molecule has 1 aliphatic heterocycles. The van der Waals surface area contributed by atoms with Crippen molar-refractivity contribution >= 4 is 11.7 Å². The summed E-state index contributed by atoms with van der Waals surface area (Å²) >= 11 is 0. The van der Waals surface area contributed by atoms with E-state index in [1.807, 2.05) is 4.90 Å². The first-order chi connectivity index (χ1) is 10.6. The standard InChI is InChI=1S/C18H20N2O2/c1-12-5-7-14(8-6-12)17-4-3-9-20(17)18(22)16-10-15(11-19-16)13(2)21/h5-8,10-11,17,19H,3-4,9H2,1-2H3. The zero-order valence-corrected chi connectivity index (χ0v) is 12.9. The molecule has 1 unspecified atom stereocenters. The van der Waals surface area contributed by atoms with Gasteiger partial charge in [0, 0.05) is 18.3 Å². The van der Waals surface area contributed by atoms with E-state index in [9.17, 15) is 9.59 Å². The number of nitrogens with one attached hydrogen (secondary N) is 1. The van der Waals surface area contributed by atoms with Crippen LogP contribution in [0.15, 0.2) is 36.5 Å². The Labute approximate surface area is 130 Å². The van der Waals surface area contributed by atoms with Gasteiger partial charge in [-0.15, -0.1) is 0 Å². The number of ketones is 1. The molecular weight excluding hydrogens is 276 g/mol. The number of aryl methyl sites for hydroxylation is 1. The first kappa shape index (κ1) is 14.6. The van der Waals surface area contributed by atoms with E-state index in [4.69, 9.17) is 0 Å². The van der Waals surface area contributed by atoms with Crippen molar-refractivity contribution in [2.24, 2.45) is 0 Å². The van der Waals surface area contributed by atoms with Gasteiger partial charge in [0.15, 0.2) is 5.78 Å². The molecule has 2 aromatic rings. The Hall–Kier alpha value is -2.36. The summed E-state index contributed by atoms with van der Waals surface area (Å²) < 4.78 is 0. The Morgan fingerprint density at radius 1 is 1.23 bits per heavy atom. The van der Waals surface area contributed by atoms with Crippen LogP contribution in [0.4, 0.5) is 0 Å². The lowest BCUT2D eigenvalue weighted by atomic mass is 10.0. The summed E-state index contributed by atoms with van der Waals surface area (Å²) in [5.74, 6) is -0.0672. The highest BCUT2D eigenvalue weighted by molar-refractivity contribution is 5.99. The number of carbonyl (C=O) groups excluding carboxylic acids is 2. The number of rotatable bonds is 3. The minimum atomic E-state index is -0.0354. The zero-order valence-electron chi connectivity index (χ0n) is 12.9. The number of amides is 1. The smallest absolute Gasteiger partial charge is 0.270 e. The summed E-state index contributed by atoms with van der Waals surface area (Å²) in [5, 5.41) is 0. The number of H-pyrrole nitrogens is 1. The van der Waals surface area contributed by atoms with Crippen molar-refractivity contribution < 1.29 is 9.59 Å². The number of aromatic nitrogens is 1. The Kier molecular flexibility index (Phi) is 3.84. The molecule has 1 aromatic carbocycles. The van der Waals surface area contributed by atoms with E-state index in [0.29, 0.717) is 11.3 Å². The number of aromatic amines is 1. The zero-order chi connectivity index (χ0) is 15.7. The summed E-state index contributed by atoms with van der Waals surface area (Å²) in [4.78, 5) is 28.9. The van der Waals surface area contributed by atoms with E-state index >= 15 is 0 Å². The van der Waals surface area contributed by atoms with Crippen LogP contribution in [0.5, 0.6) is 0 Å². The number of likely N-dealkylation sites (tertiary alicyclic amines) is 1. The fraction of sp³-hybridized carbons (Fsp3) is 0.333. The van der Waals surface area contributed by atoms with Gasteiger partial charge in [0.1, 0.15) is 5.69 Å². The normalized spacial score (nSPS) is 17.7. The molecule has 0 radical (unpaired) electrons. The predicted octanol–water partition coefficient (Wildman–Crippen LogP) is 3.50. The highest BCUT2D eigenvalue weighted by Gasteiger charge is 2.31. The maximum absolute atomic E-state index is 12.7. The van der Waals surface area contributed by atoms with Crippen LogP contribution in [0.2, 0.25) is 0 Å². The lowest BCUT2D eigenvalue weighted by Gasteiger charge is -2.24. The van der Waals surface area contributed by atoms with E-state index in [-0.39, 0.29) is 17.7 Å². The lowest BCUT2D eigenvalue weighted by Crippen LogP contribution is -2.30. The predicted molar refractivity (Wildman–Crippen MR) is 85.0 cm³/mol. The molecule has 1 fully saturated rings. The molecule has 2 heterocycles. The Balaban J connectivity index is 1.84. The quantitative estimate of drug-likeness (QED) is 0.881. The SMILES string of the molecule is CC(=O)c1c[nH]c(C(=O)N2CCCC2c2ccc(C)cc2)c1. The summed E-state index contributed by atoms with van der Waals surface area (Å²) in [6, 6.07) is 10.1. The second-order valence-electron chi connectivity index (χ2n) is 5.93. The van der Waals surface area contributed by atoms with Gasteiger partial charge < -0.3 is 9.88 Å². The maximum Gasteiger partial charge on any atom is 0.270 e. The molecule has 1 atom stereocenters. The third kappa shape index (κ3) is 2.69. The van der Waals surface area contributed by atoms with Crippen LogP contribution in [0, 0.1) is 6.92 Å². The fourth-order valence-electron chi connectivity index (χ4n) is 3.02. The number of hydrogen-bond donors (Lipinski definition) is 1. The molecule has 0 saturated carbocycles.